The summed E-state index contributed by atoms with van der Waals surface area (Å²) in [7, 11) is 0. The largest absolute Gasteiger partial charge is 0.373 e. The maximum absolute atomic E-state index is 12.0. The van der Waals surface area contributed by atoms with Crippen LogP contribution in [0.3, 0.4) is 0 Å². The molecule has 0 aliphatic carbocycles. The average molecular weight is 306 g/mol. The van der Waals surface area contributed by atoms with Crippen LogP contribution < -0.4 is 10.6 Å². The molecule has 2 N–H and O–H groups in total. The van der Waals surface area contributed by atoms with Gasteiger partial charge in [0.2, 0.25) is 0 Å². The number of carbonyl (C=O) groups is 1. The summed E-state index contributed by atoms with van der Waals surface area (Å²) >= 11 is 1.74. The Morgan fingerprint density at radius 1 is 1.43 bits per heavy atom. The van der Waals surface area contributed by atoms with E-state index in [4.69, 9.17) is 4.74 Å². The van der Waals surface area contributed by atoms with Gasteiger partial charge in [0.15, 0.2) is 0 Å². The van der Waals surface area contributed by atoms with Crippen molar-refractivity contribution in [2.24, 2.45) is 0 Å². The van der Waals surface area contributed by atoms with Crippen LogP contribution in [0.1, 0.15) is 30.4 Å². The minimum atomic E-state index is -0.0947. The first-order valence-corrected chi connectivity index (χ1v) is 8.71. The molecule has 2 heterocycles. The van der Waals surface area contributed by atoms with E-state index < -0.39 is 0 Å². The number of benzene rings is 1. The highest BCUT2D eigenvalue weighted by molar-refractivity contribution is 7.98. The van der Waals surface area contributed by atoms with Crippen LogP contribution in [0.15, 0.2) is 23.1 Å². The molecule has 3 rings (SSSR count). The van der Waals surface area contributed by atoms with E-state index in [0.29, 0.717) is 12.6 Å². The van der Waals surface area contributed by atoms with Gasteiger partial charge in [-0.2, -0.15) is 0 Å². The Hall–Kier alpha value is -1.20. The minimum absolute atomic E-state index is 0.0947. The van der Waals surface area contributed by atoms with Crippen molar-refractivity contribution in [2.75, 3.05) is 6.26 Å². The van der Waals surface area contributed by atoms with Crippen molar-refractivity contribution >= 4 is 17.8 Å². The standard InChI is InChI=1S/C16H22N2O2S/c1-10-7-11(3-6-15(10)21-2)9-17-16(19)18-13-8-12-4-5-14(13)20-12/h3,6-7,12-14H,4-5,8-9H2,1-2H3,(H2,17,18,19)/t12-,13+,14-/m1/s1. The van der Waals surface area contributed by atoms with E-state index >= 15 is 0 Å². The van der Waals surface area contributed by atoms with E-state index in [0.717, 1.165) is 24.8 Å². The van der Waals surface area contributed by atoms with Gasteiger partial charge in [-0.1, -0.05) is 12.1 Å². The molecular formula is C16H22N2O2S. The van der Waals surface area contributed by atoms with Crippen LogP contribution in [0.2, 0.25) is 0 Å². The predicted molar refractivity (Wildman–Crippen MR) is 84.6 cm³/mol. The average Bonchev–Trinajstić information content (AvgIpc) is 3.08. The summed E-state index contributed by atoms with van der Waals surface area (Å²) in [6, 6.07) is 6.40. The van der Waals surface area contributed by atoms with Gasteiger partial charge in [-0.3, -0.25) is 0 Å². The Bertz CT molecular complexity index is 535. The number of rotatable bonds is 4. The summed E-state index contributed by atoms with van der Waals surface area (Å²) in [5, 5.41) is 5.98. The van der Waals surface area contributed by atoms with Crippen LogP contribution in [-0.4, -0.2) is 30.5 Å². The Balaban J connectivity index is 1.48. The fraction of sp³-hybridized carbons (Fsp3) is 0.562. The van der Waals surface area contributed by atoms with Gasteiger partial charge in [-0.25, -0.2) is 4.79 Å². The topological polar surface area (TPSA) is 50.4 Å². The molecule has 0 spiro atoms. The summed E-state index contributed by atoms with van der Waals surface area (Å²) in [5.74, 6) is 0. The Morgan fingerprint density at radius 3 is 2.90 bits per heavy atom. The van der Waals surface area contributed by atoms with Gasteiger partial charge in [0.1, 0.15) is 0 Å². The molecule has 0 radical (unpaired) electrons. The smallest absolute Gasteiger partial charge is 0.315 e. The molecule has 2 aliphatic heterocycles. The van der Waals surface area contributed by atoms with Crippen LogP contribution in [0.4, 0.5) is 4.79 Å². The van der Waals surface area contributed by atoms with Crippen LogP contribution in [0.25, 0.3) is 0 Å². The molecule has 2 aliphatic rings. The lowest BCUT2D eigenvalue weighted by molar-refractivity contribution is 0.0981. The van der Waals surface area contributed by atoms with Crippen LogP contribution >= 0.6 is 11.8 Å². The number of hydrogen-bond donors (Lipinski definition) is 2. The first-order chi connectivity index (χ1) is 10.2. The fourth-order valence-electron chi connectivity index (χ4n) is 3.24. The minimum Gasteiger partial charge on any atom is -0.373 e. The van der Waals surface area contributed by atoms with E-state index in [1.54, 1.807) is 11.8 Å². The van der Waals surface area contributed by atoms with Crippen molar-refractivity contribution in [3.8, 4) is 0 Å². The van der Waals surface area contributed by atoms with Crippen LogP contribution in [0, 0.1) is 6.92 Å². The molecule has 1 aromatic carbocycles. The predicted octanol–water partition coefficient (Wildman–Crippen LogP) is 2.84. The normalized spacial score (nSPS) is 26.9. The highest BCUT2D eigenvalue weighted by Crippen LogP contribution is 2.34. The zero-order valence-corrected chi connectivity index (χ0v) is 13.3. The monoisotopic (exact) mass is 306 g/mol. The molecule has 114 valence electrons. The van der Waals surface area contributed by atoms with Crippen LogP contribution in [-0.2, 0) is 11.3 Å². The maximum atomic E-state index is 12.0. The number of aryl methyl sites for hydroxylation is 1. The lowest BCUT2D eigenvalue weighted by Crippen LogP contribution is -2.46. The molecular weight excluding hydrogens is 284 g/mol. The Morgan fingerprint density at radius 2 is 2.29 bits per heavy atom. The summed E-state index contributed by atoms with van der Waals surface area (Å²) in [6.07, 6.45) is 5.84. The molecule has 0 saturated carbocycles. The first-order valence-electron chi connectivity index (χ1n) is 7.49. The van der Waals surface area contributed by atoms with Crippen molar-refractivity contribution in [1.82, 2.24) is 10.6 Å². The molecule has 2 amide bonds. The van der Waals surface area contributed by atoms with Crippen molar-refractivity contribution in [2.45, 2.75) is 55.9 Å². The molecule has 5 heteroatoms. The molecule has 4 nitrogen and oxygen atoms in total. The Labute approximate surface area is 130 Å². The second-order valence-corrected chi connectivity index (χ2v) is 6.70. The molecule has 2 saturated heterocycles. The molecule has 0 unspecified atom stereocenters. The van der Waals surface area contributed by atoms with Gasteiger partial charge in [0.25, 0.3) is 0 Å². The second kappa shape index (κ2) is 6.28. The molecule has 2 bridgehead atoms. The first kappa shape index (κ1) is 14.7. The van der Waals surface area contributed by atoms with Gasteiger partial charge >= 0.3 is 6.03 Å². The SMILES string of the molecule is CSc1ccc(CNC(=O)N[C@H]2C[C@H]3CC[C@H]2O3)cc1C. The van der Waals surface area contributed by atoms with Gasteiger partial charge < -0.3 is 15.4 Å². The van der Waals surface area contributed by atoms with Gasteiger partial charge in [0, 0.05) is 11.4 Å². The number of amides is 2. The number of urea groups is 1. The van der Waals surface area contributed by atoms with Crippen molar-refractivity contribution in [1.29, 1.82) is 0 Å². The quantitative estimate of drug-likeness (QED) is 0.841. The van der Waals surface area contributed by atoms with E-state index in [1.807, 2.05) is 0 Å². The van der Waals surface area contributed by atoms with Crippen molar-refractivity contribution in [3.05, 3.63) is 29.3 Å². The Kier molecular flexibility index (Phi) is 4.40. The molecule has 1 aromatic rings. The number of carbonyl (C=O) groups excluding carboxylic acids is 1. The lowest BCUT2D eigenvalue weighted by atomic mass is 9.96. The summed E-state index contributed by atoms with van der Waals surface area (Å²) in [4.78, 5) is 13.3. The summed E-state index contributed by atoms with van der Waals surface area (Å²) in [6.45, 7) is 2.66. The van der Waals surface area contributed by atoms with Crippen molar-refractivity contribution < 1.29 is 9.53 Å². The van der Waals surface area contributed by atoms with Gasteiger partial charge in [-0.05, 0) is 49.6 Å². The van der Waals surface area contributed by atoms with Gasteiger partial charge in [-0.15, -0.1) is 11.8 Å². The van der Waals surface area contributed by atoms with E-state index in [-0.39, 0.29) is 18.2 Å². The molecule has 2 fully saturated rings. The number of fused-ring (bicyclic) bond motifs is 2. The zero-order valence-electron chi connectivity index (χ0n) is 12.5. The lowest BCUT2D eigenvalue weighted by Gasteiger charge is -2.20. The summed E-state index contributed by atoms with van der Waals surface area (Å²) < 4.78 is 5.74. The highest BCUT2D eigenvalue weighted by Gasteiger charge is 2.41. The molecule has 21 heavy (non-hydrogen) atoms. The third-order valence-electron chi connectivity index (χ3n) is 4.33. The fourth-order valence-corrected chi connectivity index (χ4v) is 3.83. The number of hydrogen-bond acceptors (Lipinski definition) is 3. The third-order valence-corrected chi connectivity index (χ3v) is 5.23. The highest BCUT2D eigenvalue weighted by atomic mass is 32.2. The third kappa shape index (κ3) is 3.35. The van der Waals surface area contributed by atoms with E-state index in [1.165, 1.54) is 10.5 Å². The number of ether oxygens (including phenoxy) is 1. The van der Waals surface area contributed by atoms with Gasteiger partial charge in [0.05, 0.1) is 18.2 Å². The van der Waals surface area contributed by atoms with E-state index in [2.05, 4.69) is 42.0 Å². The second-order valence-electron chi connectivity index (χ2n) is 5.85. The number of thioether (sulfide) groups is 1. The maximum Gasteiger partial charge on any atom is 0.315 e. The summed E-state index contributed by atoms with van der Waals surface area (Å²) in [5.41, 5.74) is 2.38. The van der Waals surface area contributed by atoms with E-state index in [9.17, 15) is 4.79 Å². The zero-order chi connectivity index (χ0) is 14.8. The number of nitrogens with one attached hydrogen (secondary N) is 2. The van der Waals surface area contributed by atoms with Crippen LogP contribution in [0.5, 0.6) is 0 Å². The molecule has 3 atom stereocenters. The van der Waals surface area contributed by atoms with Crippen molar-refractivity contribution in [3.63, 3.8) is 0 Å². The molecule has 0 aromatic heterocycles.